The summed E-state index contributed by atoms with van der Waals surface area (Å²) in [5.74, 6) is 12.2. The number of benzene rings is 4. The van der Waals surface area contributed by atoms with E-state index in [4.69, 9.17) is 9.68 Å². The van der Waals surface area contributed by atoms with Crippen LogP contribution >= 0.6 is 0 Å². The lowest BCUT2D eigenvalue weighted by Gasteiger charge is -1.97. The molecule has 0 saturated heterocycles. The largest absolute Gasteiger partial charge is 0.412 e. The lowest BCUT2D eigenvalue weighted by atomic mass is 10.1. The number of oxime groups is 2. The van der Waals surface area contributed by atoms with E-state index in [1.165, 1.54) is 14.2 Å². The van der Waals surface area contributed by atoms with Crippen LogP contribution < -0.4 is 0 Å². The van der Waals surface area contributed by atoms with Gasteiger partial charge in [-0.05, 0) is 36.1 Å². The van der Waals surface area contributed by atoms with Crippen molar-refractivity contribution in [1.29, 1.82) is 0 Å². The Morgan fingerprint density at radius 3 is 1.08 bits per heavy atom. The van der Waals surface area contributed by atoms with Gasteiger partial charge < -0.3 is 15.2 Å². The lowest BCUT2D eigenvalue weighted by molar-refractivity contribution is 0.214. The summed E-state index contributed by atoms with van der Waals surface area (Å²) in [5.41, 5.74) is 5.06. The van der Waals surface area contributed by atoms with E-state index in [0.717, 1.165) is 22.3 Å². The number of hydrogen-bond acceptors (Lipinski definition) is 4. The summed E-state index contributed by atoms with van der Waals surface area (Å²) in [6.07, 6.45) is 0. The molecule has 0 amide bonds. The average Bonchev–Trinajstić information content (AvgIpc) is 2.96. The first kappa shape index (κ1) is 28.1. The third kappa shape index (κ3) is 9.96. The van der Waals surface area contributed by atoms with Crippen LogP contribution in [0, 0.1) is 23.7 Å². The zero-order chi connectivity index (χ0) is 25.3. The quantitative estimate of drug-likeness (QED) is 0.221. The predicted molar refractivity (Wildman–Crippen MR) is 150 cm³/mol. The molecule has 5 heteroatoms. The van der Waals surface area contributed by atoms with Crippen LogP contribution in [0.4, 0.5) is 0 Å². The highest BCUT2D eigenvalue weighted by atomic mass is 16.6. The van der Waals surface area contributed by atoms with Crippen LogP contribution in [-0.4, -0.2) is 31.1 Å². The van der Waals surface area contributed by atoms with E-state index in [2.05, 4.69) is 34.0 Å². The molecule has 0 bridgehead atoms. The minimum atomic E-state index is 0. The van der Waals surface area contributed by atoms with Crippen LogP contribution in [-0.2, 0) is 9.68 Å². The first-order valence-corrected chi connectivity index (χ1v) is 11.3. The Bertz CT molecular complexity index is 1270. The molecular formula is C32H28N2O3. The fraction of sp³-hybridized carbons (Fsp3) is 0.0625. The molecule has 4 rings (SSSR count). The van der Waals surface area contributed by atoms with E-state index >= 15 is 0 Å². The van der Waals surface area contributed by atoms with Crippen molar-refractivity contribution in [2.45, 2.75) is 0 Å². The second kappa shape index (κ2) is 16.5. The van der Waals surface area contributed by atoms with Gasteiger partial charge in [0.05, 0.1) is 0 Å². The van der Waals surface area contributed by atoms with Crippen molar-refractivity contribution >= 4 is 11.4 Å². The van der Waals surface area contributed by atoms with Crippen molar-refractivity contribution in [3.8, 4) is 23.7 Å². The minimum Gasteiger partial charge on any atom is -0.412 e. The van der Waals surface area contributed by atoms with E-state index in [1.54, 1.807) is 0 Å². The molecule has 0 aliphatic heterocycles. The molecule has 184 valence electrons. The molecule has 0 atom stereocenters. The maximum atomic E-state index is 4.83. The molecule has 0 aromatic heterocycles. The first-order valence-electron chi connectivity index (χ1n) is 11.3. The van der Waals surface area contributed by atoms with Gasteiger partial charge in [-0.25, -0.2) is 0 Å². The summed E-state index contributed by atoms with van der Waals surface area (Å²) in [6, 6.07) is 39.1. The Balaban J connectivity index is 0.000000253. The van der Waals surface area contributed by atoms with Crippen LogP contribution in [0.2, 0.25) is 0 Å². The molecule has 0 radical (unpaired) electrons. The maximum Gasteiger partial charge on any atom is 0.160 e. The van der Waals surface area contributed by atoms with Crippen LogP contribution in [0.1, 0.15) is 22.3 Å². The second-order valence-corrected chi connectivity index (χ2v) is 7.21. The molecule has 4 aromatic carbocycles. The zero-order valence-corrected chi connectivity index (χ0v) is 20.8. The number of nitrogens with zero attached hydrogens (tertiary/aromatic N) is 2. The summed E-state index contributed by atoms with van der Waals surface area (Å²) in [4.78, 5) is 9.66. The van der Waals surface area contributed by atoms with Gasteiger partial charge in [-0.1, -0.05) is 119 Å². The van der Waals surface area contributed by atoms with Crippen molar-refractivity contribution in [3.05, 3.63) is 144 Å². The molecule has 0 spiro atoms. The predicted octanol–water partition coefficient (Wildman–Crippen LogP) is 5.35. The van der Waals surface area contributed by atoms with Gasteiger partial charge >= 0.3 is 0 Å². The number of rotatable bonds is 4. The second-order valence-electron chi connectivity index (χ2n) is 7.21. The van der Waals surface area contributed by atoms with Crippen molar-refractivity contribution in [3.63, 3.8) is 0 Å². The highest BCUT2D eigenvalue weighted by Gasteiger charge is 2.00. The van der Waals surface area contributed by atoms with Crippen LogP contribution in [0.25, 0.3) is 0 Å². The summed E-state index contributed by atoms with van der Waals surface area (Å²) < 4.78 is 0. The molecule has 0 aliphatic carbocycles. The van der Waals surface area contributed by atoms with Gasteiger partial charge in [0.25, 0.3) is 0 Å². The average molecular weight is 489 g/mol. The fourth-order valence-corrected chi connectivity index (χ4v) is 2.98. The summed E-state index contributed by atoms with van der Waals surface area (Å²) in [5, 5.41) is 7.91. The Morgan fingerprint density at radius 1 is 0.486 bits per heavy atom. The zero-order valence-electron chi connectivity index (χ0n) is 20.8. The van der Waals surface area contributed by atoms with Gasteiger partial charge in [-0.15, -0.1) is 0 Å². The van der Waals surface area contributed by atoms with Gasteiger partial charge in [0.15, 0.2) is 11.4 Å². The highest BCUT2D eigenvalue weighted by Crippen LogP contribution is 2.03. The Morgan fingerprint density at radius 2 is 0.784 bits per heavy atom. The normalized spacial score (nSPS) is 10.1. The van der Waals surface area contributed by atoms with Gasteiger partial charge in [-0.2, -0.15) is 0 Å². The SMILES string of the molecule is CON=C(C#Cc1ccccc1)c1ccccc1.CON=C(C#Cc1ccccc1)c1ccccc1.O. The summed E-state index contributed by atoms with van der Waals surface area (Å²) >= 11 is 0. The fourth-order valence-electron chi connectivity index (χ4n) is 2.98. The summed E-state index contributed by atoms with van der Waals surface area (Å²) in [7, 11) is 3.04. The van der Waals surface area contributed by atoms with Gasteiger partial charge in [0.2, 0.25) is 0 Å². The smallest absolute Gasteiger partial charge is 0.160 e. The maximum absolute atomic E-state index is 4.83. The molecule has 5 nitrogen and oxygen atoms in total. The lowest BCUT2D eigenvalue weighted by Crippen LogP contribution is -1.97. The van der Waals surface area contributed by atoms with Crippen molar-refractivity contribution in [1.82, 2.24) is 0 Å². The Labute approximate surface area is 218 Å². The topological polar surface area (TPSA) is 74.7 Å². The van der Waals surface area contributed by atoms with E-state index in [0.29, 0.717) is 11.4 Å². The number of hydrogen-bond donors (Lipinski definition) is 0. The summed E-state index contributed by atoms with van der Waals surface area (Å²) in [6.45, 7) is 0. The Hall–Kier alpha value is -5.10. The third-order valence-corrected chi connectivity index (χ3v) is 4.66. The Kier molecular flexibility index (Phi) is 12.6. The minimum absolute atomic E-state index is 0. The molecule has 0 unspecified atom stereocenters. The van der Waals surface area contributed by atoms with Gasteiger partial charge in [0.1, 0.15) is 14.2 Å². The standard InChI is InChI=1S/2C16H13NO.H2O/c2*1-18-17-16(15-10-6-3-7-11-15)13-12-14-8-4-2-5-9-14;/h2*2-11H,1H3;1H2. The molecule has 0 heterocycles. The monoisotopic (exact) mass is 488 g/mol. The van der Waals surface area contributed by atoms with Crippen LogP contribution in [0.5, 0.6) is 0 Å². The molecule has 37 heavy (non-hydrogen) atoms. The van der Waals surface area contributed by atoms with Crippen LogP contribution in [0.3, 0.4) is 0 Å². The molecule has 4 aromatic rings. The van der Waals surface area contributed by atoms with Crippen molar-refractivity contribution in [2.24, 2.45) is 10.3 Å². The van der Waals surface area contributed by atoms with E-state index in [1.807, 2.05) is 121 Å². The van der Waals surface area contributed by atoms with E-state index < -0.39 is 0 Å². The third-order valence-electron chi connectivity index (χ3n) is 4.66. The molecular weight excluding hydrogens is 460 g/mol. The molecule has 0 aliphatic rings. The van der Waals surface area contributed by atoms with Crippen molar-refractivity contribution in [2.75, 3.05) is 14.2 Å². The van der Waals surface area contributed by atoms with Gasteiger partial charge in [-0.3, -0.25) is 0 Å². The molecule has 2 N–H and O–H groups in total. The van der Waals surface area contributed by atoms with Crippen molar-refractivity contribution < 1.29 is 15.2 Å². The molecule has 0 fully saturated rings. The van der Waals surface area contributed by atoms with E-state index in [9.17, 15) is 0 Å². The first-order chi connectivity index (χ1) is 17.8. The highest BCUT2D eigenvalue weighted by molar-refractivity contribution is 6.13. The van der Waals surface area contributed by atoms with E-state index in [-0.39, 0.29) is 5.48 Å². The van der Waals surface area contributed by atoms with Crippen LogP contribution in [0.15, 0.2) is 132 Å². The molecule has 0 saturated carbocycles. The van der Waals surface area contributed by atoms with Gasteiger partial charge in [0, 0.05) is 22.3 Å².